The van der Waals surface area contributed by atoms with Crippen molar-refractivity contribution in [2.75, 3.05) is 30.4 Å². The highest BCUT2D eigenvalue weighted by Crippen LogP contribution is 1.99. The number of nitrogens with one attached hydrogen (secondary N) is 2. The third-order valence-corrected chi connectivity index (χ3v) is 3.00. The second-order valence-corrected chi connectivity index (χ2v) is 4.84. The summed E-state index contributed by atoms with van der Waals surface area (Å²) in [6.45, 7) is 0.243. The molecule has 84 valence electrons. The standard InChI is InChI=1S/C7H13N5O2S/c1-9-15(13,14)3-2-10-7-11-4-6(8)5-12-7/h4-5,9H,2-3,8H2,1H3,(H,10,11,12). The summed E-state index contributed by atoms with van der Waals surface area (Å²) in [7, 11) is -1.82. The molecule has 7 nitrogen and oxygen atoms in total. The number of sulfonamides is 1. The van der Waals surface area contributed by atoms with Crippen molar-refractivity contribution >= 4 is 21.7 Å². The molecule has 4 N–H and O–H groups in total. The molecule has 1 heterocycles. The molecular weight excluding hydrogens is 218 g/mol. The van der Waals surface area contributed by atoms with Crippen molar-refractivity contribution in [3.8, 4) is 0 Å². The Labute approximate surface area is 88.2 Å². The number of nitrogens with zero attached hydrogens (tertiary/aromatic N) is 2. The normalized spacial score (nSPS) is 11.3. The Hall–Kier alpha value is -1.41. The minimum absolute atomic E-state index is 0.0305. The Morgan fingerprint density at radius 2 is 2.00 bits per heavy atom. The van der Waals surface area contributed by atoms with Gasteiger partial charge in [-0.2, -0.15) is 0 Å². The van der Waals surface area contributed by atoms with Gasteiger partial charge >= 0.3 is 0 Å². The van der Waals surface area contributed by atoms with E-state index < -0.39 is 10.0 Å². The number of rotatable bonds is 5. The largest absolute Gasteiger partial charge is 0.396 e. The van der Waals surface area contributed by atoms with Crippen LogP contribution in [0.15, 0.2) is 12.4 Å². The maximum Gasteiger partial charge on any atom is 0.222 e. The predicted molar refractivity (Wildman–Crippen MR) is 57.8 cm³/mol. The summed E-state index contributed by atoms with van der Waals surface area (Å²) in [6.07, 6.45) is 2.89. The Morgan fingerprint density at radius 3 is 2.53 bits per heavy atom. The maximum absolute atomic E-state index is 11.0. The van der Waals surface area contributed by atoms with Crippen LogP contribution in [0.5, 0.6) is 0 Å². The van der Waals surface area contributed by atoms with Crippen molar-refractivity contribution in [2.24, 2.45) is 0 Å². The molecule has 0 radical (unpaired) electrons. The van der Waals surface area contributed by atoms with Crippen LogP contribution < -0.4 is 15.8 Å². The van der Waals surface area contributed by atoms with E-state index in [1.807, 2.05) is 0 Å². The van der Waals surface area contributed by atoms with Gasteiger partial charge in [-0.1, -0.05) is 0 Å². The molecule has 0 amide bonds. The average molecular weight is 231 g/mol. The van der Waals surface area contributed by atoms with Gasteiger partial charge in [0.1, 0.15) is 0 Å². The minimum atomic E-state index is -3.19. The van der Waals surface area contributed by atoms with Crippen LogP contribution in [0.25, 0.3) is 0 Å². The molecule has 1 aromatic heterocycles. The summed E-state index contributed by atoms with van der Waals surface area (Å²) < 4.78 is 24.3. The first kappa shape index (κ1) is 11.7. The van der Waals surface area contributed by atoms with Crippen molar-refractivity contribution in [1.82, 2.24) is 14.7 Å². The van der Waals surface area contributed by atoms with Crippen molar-refractivity contribution in [3.05, 3.63) is 12.4 Å². The highest BCUT2D eigenvalue weighted by molar-refractivity contribution is 7.89. The number of nitrogen functional groups attached to an aromatic ring is 1. The fraction of sp³-hybridized carbons (Fsp3) is 0.429. The van der Waals surface area contributed by atoms with Crippen LogP contribution in [0.1, 0.15) is 0 Å². The van der Waals surface area contributed by atoms with E-state index in [1.54, 1.807) is 0 Å². The molecule has 0 aliphatic heterocycles. The number of hydrogen-bond donors (Lipinski definition) is 3. The quantitative estimate of drug-likeness (QED) is 0.601. The molecule has 15 heavy (non-hydrogen) atoms. The van der Waals surface area contributed by atoms with Gasteiger partial charge in [0.15, 0.2) is 0 Å². The molecule has 0 aromatic carbocycles. The molecule has 0 saturated carbocycles. The highest BCUT2D eigenvalue weighted by Gasteiger charge is 2.05. The molecular formula is C7H13N5O2S. The van der Waals surface area contributed by atoms with Gasteiger partial charge in [-0.05, 0) is 7.05 Å². The van der Waals surface area contributed by atoms with E-state index >= 15 is 0 Å². The summed E-state index contributed by atoms with van der Waals surface area (Å²) in [5.41, 5.74) is 5.85. The van der Waals surface area contributed by atoms with E-state index in [2.05, 4.69) is 20.0 Å². The van der Waals surface area contributed by atoms with E-state index in [1.165, 1.54) is 19.4 Å². The monoisotopic (exact) mass is 231 g/mol. The lowest BCUT2D eigenvalue weighted by atomic mass is 10.6. The summed E-state index contributed by atoms with van der Waals surface area (Å²) in [4.78, 5) is 7.72. The Morgan fingerprint density at radius 1 is 1.40 bits per heavy atom. The maximum atomic E-state index is 11.0. The van der Waals surface area contributed by atoms with Crippen LogP contribution in [-0.2, 0) is 10.0 Å². The van der Waals surface area contributed by atoms with E-state index in [-0.39, 0.29) is 12.3 Å². The van der Waals surface area contributed by atoms with E-state index in [0.29, 0.717) is 11.6 Å². The average Bonchev–Trinajstić information content (AvgIpc) is 2.21. The first-order valence-corrected chi connectivity index (χ1v) is 5.91. The Balaban J connectivity index is 2.42. The zero-order valence-corrected chi connectivity index (χ0v) is 9.08. The van der Waals surface area contributed by atoms with Crippen LogP contribution >= 0.6 is 0 Å². The van der Waals surface area contributed by atoms with Gasteiger partial charge < -0.3 is 11.1 Å². The fourth-order valence-corrected chi connectivity index (χ4v) is 1.40. The molecule has 0 saturated heterocycles. The highest BCUT2D eigenvalue weighted by atomic mass is 32.2. The summed E-state index contributed by atoms with van der Waals surface area (Å²) in [5.74, 6) is 0.326. The third kappa shape index (κ3) is 4.09. The molecule has 0 fully saturated rings. The van der Waals surface area contributed by atoms with Crippen LogP contribution in [0.3, 0.4) is 0 Å². The summed E-state index contributed by atoms with van der Waals surface area (Å²) in [6, 6.07) is 0. The first-order valence-electron chi connectivity index (χ1n) is 4.26. The third-order valence-electron chi connectivity index (χ3n) is 1.64. The SMILES string of the molecule is CNS(=O)(=O)CCNc1ncc(N)cn1. The Bertz CT molecular complexity index is 402. The van der Waals surface area contributed by atoms with Gasteiger partial charge in [-0.15, -0.1) is 0 Å². The van der Waals surface area contributed by atoms with Crippen LogP contribution in [0.4, 0.5) is 11.6 Å². The molecule has 1 aromatic rings. The fourth-order valence-electron chi connectivity index (χ4n) is 0.829. The smallest absolute Gasteiger partial charge is 0.222 e. The zero-order chi connectivity index (χ0) is 11.3. The van der Waals surface area contributed by atoms with Gasteiger partial charge in [0.2, 0.25) is 16.0 Å². The number of aromatic nitrogens is 2. The predicted octanol–water partition coefficient (Wildman–Crippen LogP) is -0.980. The van der Waals surface area contributed by atoms with Crippen molar-refractivity contribution in [3.63, 3.8) is 0 Å². The molecule has 8 heteroatoms. The van der Waals surface area contributed by atoms with Gasteiger partial charge in [0.05, 0.1) is 23.8 Å². The zero-order valence-electron chi connectivity index (χ0n) is 8.27. The Kier molecular flexibility index (Phi) is 3.81. The summed E-state index contributed by atoms with van der Waals surface area (Å²) >= 11 is 0. The van der Waals surface area contributed by atoms with Crippen LogP contribution in [-0.4, -0.2) is 37.7 Å². The van der Waals surface area contributed by atoms with Crippen LogP contribution in [0, 0.1) is 0 Å². The number of hydrogen-bond acceptors (Lipinski definition) is 6. The van der Waals surface area contributed by atoms with Crippen molar-refractivity contribution < 1.29 is 8.42 Å². The molecule has 0 bridgehead atoms. The molecule has 0 spiro atoms. The van der Waals surface area contributed by atoms with Gasteiger partial charge in [-0.25, -0.2) is 23.1 Å². The van der Waals surface area contributed by atoms with Gasteiger partial charge in [0, 0.05) is 6.54 Å². The lowest BCUT2D eigenvalue weighted by molar-refractivity contribution is 0.588. The molecule has 0 unspecified atom stereocenters. The molecule has 0 aliphatic rings. The second kappa shape index (κ2) is 4.89. The topological polar surface area (TPSA) is 110 Å². The molecule has 0 aliphatic carbocycles. The summed E-state index contributed by atoms with van der Waals surface area (Å²) in [5, 5.41) is 2.77. The van der Waals surface area contributed by atoms with Crippen molar-refractivity contribution in [2.45, 2.75) is 0 Å². The lowest BCUT2D eigenvalue weighted by Gasteiger charge is -2.04. The lowest BCUT2D eigenvalue weighted by Crippen LogP contribution is -2.26. The van der Waals surface area contributed by atoms with E-state index in [0.717, 1.165) is 0 Å². The van der Waals surface area contributed by atoms with Gasteiger partial charge in [-0.3, -0.25) is 0 Å². The minimum Gasteiger partial charge on any atom is -0.396 e. The van der Waals surface area contributed by atoms with E-state index in [4.69, 9.17) is 5.73 Å². The van der Waals surface area contributed by atoms with Gasteiger partial charge in [0.25, 0.3) is 0 Å². The number of nitrogens with two attached hydrogens (primary N) is 1. The van der Waals surface area contributed by atoms with Crippen molar-refractivity contribution in [1.29, 1.82) is 0 Å². The second-order valence-electron chi connectivity index (χ2n) is 2.79. The van der Waals surface area contributed by atoms with E-state index in [9.17, 15) is 8.42 Å². The van der Waals surface area contributed by atoms with Crippen LogP contribution in [0.2, 0.25) is 0 Å². The molecule has 0 atom stereocenters. The molecule has 1 rings (SSSR count). The first-order chi connectivity index (χ1) is 7.03. The number of anilines is 2.